The number of carbonyl (C=O) groups excluding carboxylic acids is 1. The van der Waals surface area contributed by atoms with Gasteiger partial charge in [0.1, 0.15) is 5.82 Å². The Hall–Kier alpha value is -1.86. The minimum atomic E-state index is -0.424. The monoisotopic (exact) mass is 275 g/mol. The summed E-state index contributed by atoms with van der Waals surface area (Å²) >= 11 is 0. The van der Waals surface area contributed by atoms with Gasteiger partial charge in [-0.25, -0.2) is 4.39 Å². The highest BCUT2D eigenvalue weighted by Gasteiger charge is 2.27. The number of hydrogen-bond donors (Lipinski definition) is 2. The van der Waals surface area contributed by atoms with Crippen molar-refractivity contribution in [1.82, 2.24) is 5.32 Å². The summed E-state index contributed by atoms with van der Waals surface area (Å²) in [6, 6.07) is 4.18. The molecule has 3 nitrogen and oxygen atoms in total. The molecule has 1 fully saturated rings. The van der Waals surface area contributed by atoms with Crippen LogP contribution in [0.25, 0.3) is 0 Å². The normalized spacial score (nSPS) is 20.6. The van der Waals surface area contributed by atoms with E-state index in [1.165, 1.54) is 18.2 Å². The lowest BCUT2D eigenvalue weighted by Crippen LogP contribution is -2.43. The topological polar surface area (TPSA) is 49.3 Å². The van der Waals surface area contributed by atoms with Crippen LogP contribution in [0.4, 0.5) is 4.39 Å². The predicted octanol–water partition coefficient (Wildman–Crippen LogP) is 2.09. The van der Waals surface area contributed by atoms with Crippen molar-refractivity contribution in [3.05, 3.63) is 35.1 Å². The fraction of sp³-hybridized carbons (Fsp3) is 0.438. The number of benzene rings is 1. The third-order valence-corrected chi connectivity index (χ3v) is 3.40. The Morgan fingerprint density at radius 3 is 2.90 bits per heavy atom. The highest BCUT2D eigenvalue weighted by molar-refractivity contribution is 5.97. The molecule has 2 N–H and O–H groups in total. The van der Waals surface area contributed by atoms with E-state index in [4.69, 9.17) is 5.11 Å². The van der Waals surface area contributed by atoms with Crippen LogP contribution in [0.2, 0.25) is 0 Å². The second-order valence-corrected chi connectivity index (χ2v) is 5.21. The standard InChI is InChI=1S/C16H18FNO2/c1-11-8-14(9-11)18-16(20)15-6-5-13(17)10-12(15)4-2-3-7-19/h5-6,10-11,14,19H,3,7-9H2,1H3,(H,18,20). The van der Waals surface area contributed by atoms with Gasteiger partial charge in [0.2, 0.25) is 0 Å². The lowest BCUT2D eigenvalue weighted by atomic mass is 9.82. The summed E-state index contributed by atoms with van der Waals surface area (Å²) in [6.07, 6.45) is 2.27. The minimum Gasteiger partial charge on any atom is -0.395 e. The first-order valence-electron chi connectivity index (χ1n) is 6.80. The Morgan fingerprint density at radius 1 is 1.50 bits per heavy atom. The maximum Gasteiger partial charge on any atom is 0.252 e. The van der Waals surface area contributed by atoms with Gasteiger partial charge in [-0.1, -0.05) is 18.8 Å². The minimum absolute atomic E-state index is 0.0518. The molecular weight excluding hydrogens is 257 g/mol. The van der Waals surface area contributed by atoms with E-state index in [-0.39, 0.29) is 18.6 Å². The fourth-order valence-corrected chi connectivity index (χ4v) is 2.31. The maximum absolute atomic E-state index is 13.3. The molecule has 1 aromatic carbocycles. The van der Waals surface area contributed by atoms with Crippen LogP contribution in [0, 0.1) is 23.6 Å². The molecule has 0 bridgehead atoms. The average molecular weight is 275 g/mol. The number of halogens is 1. The van der Waals surface area contributed by atoms with Gasteiger partial charge in [0.05, 0.1) is 12.2 Å². The van der Waals surface area contributed by atoms with E-state index >= 15 is 0 Å². The average Bonchev–Trinajstić information content (AvgIpc) is 2.37. The Labute approximate surface area is 118 Å². The van der Waals surface area contributed by atoms with Gasteiger partial charge >= 0.3 is 0 Å². The van der Waals surface area contributed by atoms with Crippen molar-refractivity contribution in [2.24, 2.45) is 5.92 Å². The van der Waals surface area contributed by atoms with E-state index in [0.29, 0.717) is 23.5 Å². The third-order valence-electron chi connectivity index (χ3n) is 3.40. The summed E-state index contributed by atoms with van der Waals surface area (Å²) in [5.74, 6) is 5.47. The Balaban J connectivity index is 2.13. The van der Waals surface area contributed by atoms with Crippen LogP contribution in [0.5, 0.6) is 0 Å². The van der Waals surface area contributed by atoms with Crippen molar-refractivity contribution in [2.75, 3.05) is 6.61 Å². The smallest absolute Gasteiger partial charge is 0.252 e. The maximum atomic E-state index is 13.3. The fourth-order valence-electron chi connectivity index (χ4n) is 2.31. The van der Waals surface area contributed by atoms with Crippen LogP contribution in [0.1, 0.15) is 42.1 Å². The van der Waals surface area contributed by atoms with Crippen LogP contribution in [-0.2, 0) is 0 Å². The summed E-state index contributed by atoms with van der Waals surface area (Å²) in [6.45, 7) is 2.09. The van der Waals surface area contributed by atoms with Crippen molar-refractivity contribution in [2.45, 2.75) is 32.2 Å². The molecule has 2 rings (SSSR count). The van der Waals surface area contributed by atoms with Crippen LogP contribution < -0.4 is 5.32 Å². The zero-order valence-corrected chi connectivity index (χ0v) is 11.4. The van der Waals surface area contributed by atoms with Crippen LogP contribution in [-0.4, -0.2) is 23.7 Å². The number of rotatable bonds is 3. The summed E-state index contributed by atoms with van der Waals surface area (Å²) in [4.78, 5) is 12.2. The molecule has 0 aromatic heterocycles. The number of aliphatic hydroxyl groups is 1. The van der Waals surface area contributed by atoms with Gasteiger partial charge in [0.15, 0.2) is 0 Å². The molecule has 0 spiro atoms. The summed E-state index contributed by atoms with van der Waals surface area (Å²) < 4.78 is 13.3. The molecule has 1 aliphatic carbocycles. The molecule has 20 heavy (non-hydrogen) atoms. The van der Waals surface area contributed by atoms with Gasteiger partial charge < -0.3 is 10.4 Å². The zero-order valence-electron chi connectivity index (χ0n) is 11.4. The second-order valence-electron chi connectivity index (χ2n) is 5.21. The number of aliphatic hydroxyl groups excluding tert-OH is 1. The molecule has 4 heteroatoms. The first-order chi connectivity index (χ1) is 9.60. The summed E-state index contributed by atoms with van der Waals surface area (Å²) in [5.41, 5.74) is 0.750. The van der Waals surface area contributed by atoms with Crippen molar-refractivity contribution in [3.63, 3.8) is 0 Å². The summed E-state index contributed by atoms with van der Waals surface area (Å²) in [5, 5.41) is 11.6. The van der Waals surface area contributed by atoms with Crippen LogP contribution in [0.3, 0.4) is 0 Å². The molecule has 0 heterocycles. The van der Waals surface area contributed by atoms with Gasteiger partial charge in [-0.05, 0) is 37.0 Å². The van der Waals surface area contributed by atoms with Crippen LogP contribution in [0.15, 0.2) is 18.2 Å². The molecule has 0 aliphatic heterocycles. The molecule has 1 aliphatic rings. The molecule has 0 atom stereocenters. The van der Waals surface area contributed by atoms with E-state index in [1.54, 1.807) is 0 Å². The molecule has 0 radical (unpaired) electrons. The Bertz CT molecular complexity index is 553. The third kappa shape index (κ3) is 3.58. The SMILES string of the molecule is CC1CC(NC(=O)c2ccc(F)cc2C#CCCO)C1. The highest BCUT2D eigenvalue weighted by atomic mass is 19.1. The first-order valence-corrected chi connectivity index (χ1v) is 6.80. The van der Waals surface area contributed by atoms with Crippen molar-refractivity contribution in [1.29, 1.82) is 0 Å². The Kier molecular flexibility index (Phi) is 4.75. The highest BCUT2D eigenvalue weighted by Crippen LogP contribution is 2.26. The molecule has 0 unspecified atom stereocenters. The van der Waals surface area contributed by atoms with Gasteiger partial charge in [-0.3, -0.25) is 4.79 Å². The van der Waals surface area contributed by atoms with Gasteiger partial charge in [0.25, 0.3) is 5.91 Å². The van der Waals surface area contributed by atoms with Gasteiger partial charge in [-0.15, -0.1) is 0 Å². The van der Waals surface area contributed by atoms with Crippen molar-refractivity contribution in [3.8, 4) is 11.8 Å². The van der Waals surface area contributed by atoms with E-state index in [2.05, 4.69) is 24.1 Å². The van der Waals surface area contributed by atoms with E-state index in [0.717, 1.165) is 12.8 Å². The molecule has 1 saturated carbocycles. The second kappa shape index (κ2) is 6.53. The number of nitrogens with one attached hydrogen (secondary N) is 1. The Morgan fingerprint density at radius 2 is 2.25 bits per heavy atom. The van der Waals surface area contributed by atoms with Gasteiger partial charge in [0, 0.05) is 18.0 Å². The molecular formula is C16H18FNO2. The quantitative estimate of drug-likeness (QED) is 0.830. The molecule has 0 saturated heterocycles. The van der Waals surface area contributed by atoms with Crippen molar-refractivity contribution < 1.29 is 14.3 Å². The largest absolute Gasteiger partial charge is 0.395 e. The molecule has 106 valence electrons. The number of hydrogen-bond acceptors (Lipinski definition) is 2. The first kappa shape index (κ1) is 14.5. The molecule has 1 aromatic rings. The summed E-state index contributed by atoms with van der Waals surface area (Å²) in [7, 11) is 0. The van der Waals surface area contributed by atoms with Gasteiger partial charge in [-0.2, -0.15) is 0 Å². The number of carbonyl (C=O) groups is 1. The number of amides is 1. The lowest BCUT2D eigenvalue weighted by Gasteiger charge is -2.33. The zero-order chi connectivity index (χ0) is 14.5. The van der Waals surface area contributed by atoms with E-state index in [9.17, 15) is 9.18 Å². The van der Waals surface area contributed by atoms with Crippen molar-refractivity contribution >= 4 is 5.91 Å². The van der Waals surface area contributed by atoms with Crippen LogP contribution >= 0.6 is 0 Å². The lowest BCUT2D eigenvalue weighted by molar-refractivity contribution is 0.0896. The molecule has 1 amide bonds. The predicted molar refractivity (Wildman–Crippen MR) is 74.6 cm³/mol. The van der Waals surface area contributed by atoms with E-state index in [1.807, 2.05) is 0 Å². The van der Waals surface area contributed by atoms with E-state index < -0.39 is 5.82 Å².